The van der Waals surface area contributed by atoms with Gasteiger partial charge in [-0.2, -0.15) is 0 Å². The number of hydrogen-bond acceptors (Lipinski definition) is 5. The number of ether oxygens (including phenoxy) is 3. The number of aromatic nitrogens is 1. The van der Waals surface area contributed by atoms with Crippen LogP contribution in [0.1, 0.15) is 12.5 Å². The summed E-state index contributed by atoms with van der Waals surface area (Å²) < 4.78 is 15.7. The van der Waals surface area contributed by atoms with Gasteiger partial charge in [-0.3, -0.25) is 0 Å². The molecule has 0 aromatic carbocycles. The van der Waals surface area contributed by atoms with Crippen LogP contribution in [0.15, 0.2) is 18.3 Å². The molecule has 0 spiro atoms. The number of pyridine rings is 1. The predicted octanol–water partition coefficient (Wildman–Crippen LogP) is 1.69. The Kier molecular flexibility index (Phi) is 8.12. The second-order valence-electron chi connectivity index (χ2n) is 3.70. The van der Waals surface area contributed by atoms with Crippen LogP contribution >= 0.6 is 0 Å². The summed E-state index contributed by atoms with van der Waals surface area (Å²) in [6.07, 6.45) is 1.77. The predicted molar refractivity (Wildman–Crippen MR) is 70.8 cm³/mol. The van der Waals surface area contributed by atoms with Crippen LogP contribution in [0, 0.1) is 0 Å². The molecule has 102 valence electrons. The molecule has 0 unspecified atom stereocenters. The third-order valence-corrected chi connectivity index (χ3v) is 2.30. The highest BCUT2D eigenvalue weighted by Crippen LogP contribution is 2.11. The van der Waals surface area contributed by atoms with E-state index in [-0.39, 0.29) is 0 Å². The van der Waals surface area contributed by atoms with Gasteiger partial charge in [-0.25, -0.2) is 4.98 Å². The van der Waals surface area contributed by atoms with Crippen molar-refractivity contribution < 1.29 is 14.2 Å². The number of rotatable bonds is 10. The van der Waals surface area contributed by atoms with Crippen LogP contribution in [0.2, 0.25) is 0 Å². The third kappa shape index (κ3) is 5.95. The maximum absolute atomic E-state index is 5.54. The minimum atomic E-state index is 0.545. The van der Waals surface area contributed by atoms with Crippen LogP contribution in [-0.4, -0.2) is 45.1 Å². The molecule has 1 heterocycles. The Bertz CT molecular complexity index is 321. The number of nitrogens with one attached hydrogen (secondary N) is 1. The highest BCUT2D eigenvalue weighted by atomic mass is 16.5. The topological polar surface area (TPSA) is 52.6 Å². The Morgan fingerprint density at radius 1 is 1.17 bits per heavy atom. The summed E-state index contributed by atoms with van der Waals surface area (Å²) in [6, 6.07) is 3.92. The molecule has 1 aromatic rings. The molecule has 0 aliphatic carbocycles. The van der Waals surface area contributed by atoms with Gasteiger partial charge < -0.3 is 19.5 Å². The van der Waals surface area contributed by atoms with Crippen molar-refractivity contribution in [1.82, 2.24) is 4.98 Å². The molecule has 5 nitrogen and oxygen atoms in total. The Morgan fingerprint density at radius 3 is 2.72 bits per heavy atom. The summed E-state index contributed by atoms with van der Waals surface area (Å²) in [4.78, 5) is 4.27. The molecular formula is C13H22N2O3. The molecule has 0 saturated heterocycles. The van der Waals surface area contributed by atoms with E-state index in [0.717, 1.165) is 17.9 Å². The fourth-order valence-electron chi connectivity index (χ4n) is 1.43. The van der Waals surface area contributed by atoms with E-state index in [1.807, 2.05) is 19.1 Å². The van der Waals surface area contributed by atoms with Crippen LogP contribution in [0.25, 0.3) is 0 Å². The fraction of sp³-hybridized carbons (Fsp3) is 0.615. The monoisotopic (exact) mass is 254 g/mol. The Morgan fingerprint density at radius 2 is 1.94 bits per heavy atom. The summed E-state index contributed by atoms with van der Waals surface area (Å²) in [5, 5.41) is 3.21. The van der Waals surface area contributed by atoms with Crippen molar-refractivity contribution in [3.8, 4) is 0 Å². The van der Waals surface area contributed by atoms with Crippen LogP contribution < -0.4 is 5.32 Å². The second-order valence-corrected chi connectivity index (χ2v) is 3.70. The lowest BCUT2D eigenvalue weighted by atomic mass is 10.2. The van der Waals surface area contributed by atoms with E-state index in [4.69, 9.17) is 14.2 Å². The molecule has 1 rings (SSSR count). The van der Waals surface area contributed by atoms with Gasteiger partial charge in [-0.05, 0) is 13.0 Å². The van der Waals surface area contributed by atoms with Gasteiger partial charge >= 0.3 is 0 Å². The lowest BCUT2D eigenvalue weighted by Gasteiger charge is -2.10. The molecule has 0 fully saturated rings. The van der Waals surface area contributed by atoms with Crippen molar-refractivity contribution in [3.05, 3.63) is 23.9 Å². The van der Waals surface area contributed by atoms with E-state index < -0.39 is 0 Å². The molecule has 18 heavy (non-hydrogen) atoms. The maximum atomic E-state index is 5.54. The van der Waals surface area contributed by atoms with Crippen molar-refractivity contribution >= 4 is 5.82 Å². The quantitative estimate of drug-likeness (QED) is 0.644. The van der Waals surface area contributed by atoms with E-state index in [1.54, 1.807) is 13.3 Å². The van der Waals surface area contributed by atoms with E-state index in [0.29, 0.717) is 33.0 Å². The zero-order valence-electron chi connectivity index (χ0n) is 11.1. The largest absolute Gasteiger partial charge is 0.382 e. The van der Waals surface area contributed by atoms with Crippen LogP contribution in [0.4, 0.5) is 5.82 Å². The average Bonchev–Trinajstić information content (AvgIpc) is 2.40. The van der Waals surface area contributed by atoms with E-state index in [1.165, 1.54) is 0 Å². The second kappa shape index (κ2) is 9.82. The molecule has 0 amide bonds. The number of nitrogens with zero attached hydrogens (tertiary/aromatic N) is 1. The highest BCUT2D eigenvalue weighted by Gasteiger charge is 2.01. The van der Waals surface area contributed by atoms with Crippen molar-refractivity contribution in [2.45, 2.75) is 13.5 Å². The molecule has 0 saturated carbocycles. The Hall–Kier alpha value is -1.17. The lowest BCUT2D eigenvalue weighted by Crippen LogP contribution is -2.09. The molecule has 0 bridgehead atoms. The first-order chi connectivity index (χ1) is 8.88. The average molecular weight is 254 g/mol. The van der Waals surface area contributed by atoms with Gasteiger partial charge in [-0.15, -0.1) is 0 Å². The van der Waals surface area contributed by atoms with Crippen molar-refractivity contribution in [3.63, 3.8) is 0 Å². The normalized spacial score (nSPS) is 10.6. The number of hydrogen-bond donors (Lipinski definition) is 1. The van der Waals surface area contributed by atoms with Crippen molar-refractivity contribution in [2.75, 3.05) is 45.4 Å². The first-order valence-electron chi connectivity index (χ1n) is 6.20. The van der Waals surface area contributed by atoms with Gasteiger partial charge in [0.15, 0.2) is 0 Å². The van der Waals surface area contributed by atoms with E-state index in [9.17, 15) is 0 Å². The summed E-state index contributed by atoms with van der Waals surface area (Å²) >= 11 is 0. The summed E-state index contributed by atoms with van der Waals surface area (Å²) in [7, 11) is 1.66. The van der Waals surface area contributed by atoms with E-state index in [2.05, 4.69) is 10.3 Å². The fourth-order valence-corrected chi connectivity index (χ4v) is 1.43. The zero-order chi connectivity index (χ0) is 13.1. The van der Waals surface area contributed by atoms with Crippen molar-refractivity contribution in [2.24, 2.45) is 0 Å². The van der Waals surface area contributed by atoms with E-state index >= 15 is 0 Å². The molecule has 0 atom stereocenters. The zero-order valence-corrected chi connectivity index (χ0v) is 11.1. The minimum absolute atomic E-state index is 0.545. The van der Waals surface area contributed by atoms with Gasteiger partial charge in [-0.1, -0.05) is 6.07 Å². The smallest absolute Gasteiger partial charge is 0.131 e. The molecule has 5 heteroatoms. The minimum Gasteiger partial charge on any atom is -0.382 e. The molecule has 1 N–H and O–H groups in total. The van der Waals surface area contributed by atoms with Gasteiger partial charge in [0.25, 0.3) is 0 Å². The van der Waals surface area contributed by atoms with Crippen LogP contribution in [-0.2, 0) is 20.8 Å². The van der Waals surface area contributed by atoms with Crippen molar-refractivity contribution in [1.29, 1.82) is 0 Å². The summed E-state index contributed by atoms with van der Waals surface area (Å²) in [5.74, 6) is 0.889. The summed E-state index contributed by atoms with van der Waals surface area (Å²) in [6.45, 7) is 5.82. The Labute approximate surface area is 108 Å². The third-order valence-electron chi connectivity index (χ3n) is 2.30. The van der Waals surface area contributed by atoms with Crippen LogP contribution in [0.3, 0.4) is 0 Å². The first-order valence-corrected chi connectivity index (χ1v) is 6.20. The Balaban J connectivity index is 2.18. The van der Waals surface area contributed by atoms with Gasteiger partial charge in [0, 0.05) is 25.4 Å². The number of methoxy groups -OCH3 is 1. The molecule has 0 radical (unpaired) electrons. The molecule has 1 aromatic heterocycles. The molecule has 0 aliphatic heterocycles. The standard InChI is InChI=1S/C13H22N2O3/c1-3-14-13-12(5-4-6-15-13)11-18-10-9-17-8-7-16-2/h4-6H,3,7-11H2,1-2H3,(H,14,15). The van der Waals surface area contributed by atoms with Gasteiger partial charge in [0.05, 0.1) is 33.0 Å². The lowest BCUT2D eigenvalue weighted by molar-refractivity contribution is 0.0200. The molecular weight excluding hydrogens is 232 g/mol. The summed E-state index contributed by atoms with van der Waals surface area (Å²) in [5.41, 5.74) is 1.07. The SMILES string of the molecule is CCNc1ncccc1COCCOCCOC. The number of anilines is 1. The first kappa shape index (κ1) is 14.9. The highest BCUT2D eigenvalue weighted by molar-refractivity contribution is 5.42. The molecule has 0 aliphatic rings. The maximum Gasteiger partial charge on any atom is 0.131 e. The van der Waals surface area contributed by atoms with Crippen LogP contribution in [0.5, 0.6) is 0 Å². The van der Waals surface area contributed by atoms with Gasteiger partial charge in [0.2, 0.25) is 0 Å². The van der Waals surface area contributed by atoms with Gasteiger partial charge in [0.1, 0.15) is 5.82 Å².